The van der Waals surface area contributed by atoms with E-state index in [0.717, 1.165) is 6.42 Å². The monoisotopic (exact) mass is 197 g/mol. The van der Waals surface area contributed by atoms with Crippen molar-refractivity contribution in [2.75, 3.05) is 0 Å². The SMILES string of the molecule is CCCCCCc1scnc1CC. The fraction of sp³-hybridized carbons (Fsp3) is 0.727. The van der Waals surface area contributed by atoms with Crippen LogP contribution in [-0.4, -0.2) is 4.98 Å². The van der Waals surface area contributed by atoms with Crippen molar-refractivity contribution in [1.82, 2.24) is 4.98 Å². The average Bonchev–Trinajstić information content (AvgIpc) is 2.60. The van der Waals surface area contributed by atoms with Crippen molar-refractivity contribution < 1.29 is 0 Å². The third-order valence-electron chi connectivity index (χ3n) is 2.32. The molecule has 1 rings (SSSR count). The number of thiazole rings is 1. The van der Waals surface area contributed by atoms with Crippen LogP contribution in [0.3, 0.4) is 0 Å². The molecule has 2 heteroatoms. The van der Waals surface area contributed by atoms with Gasteiger partial charge in [0.15, 0.2) is 0 Å². The molecule has 0 aromatic carbocycles. The standard InChI is InChI=1S/C11H19NS/c1-3-5-6-7-8-11-10(4-2)12-9-13-11/h9H,3-8H2,1-2H3. The lowest BCUT2D eigenvalue weighted by molar-refractivity contribution is 0.667. The lowest BCUT2D eigenvalue weighted by Crippen LogP contribution is -1.89. The maximum atomic E-state index is 4.35. The Morgan fingerprint density at radius 2 is 2.08 bits per heavy atom. The van der Waals surface area contributed by atoms with Crippen LogP contribution in [0.5, 0.6) is 0 Å². The van der Waals surface area contributed by atoms with E-state index < -0.39 is 0 Å². The largest absolute Gasteiger partial charge is 0.249 e. The summed E-state index contributed by atoms with van der Waals surface area (Å²) in [5.74, 6) is 0. The molecule has 0 saturated carbocycles. The zero-order valence-electron chi connectivity index (χ0n) is 8.68. The molecule has 1 nitrogen and oxygen atoms in total. The third kappa shape index (κ3) is 3.47. The van der Waals surface area contributed by atoms with Crippen LogP contribution in [-0.2, 0) is 12.8 Å². The first-order chi connectivity index (χ1) is 6.38. The Kier molecular flexibility index (Phi) is 5.06. The first-order valence-corrected chi connectivity index (χ1v) is 6.17. The van der Waals surface area contributed by atoms with Gasteiger partial charge in [0.05, 0.1) is 11.2 Å². The average molecular weight is 197 g/mol. The molecule has 0 spiro atoms. The Labute approximate surface area is 85.2 Å². The van der Waals surface area contributed by atoms with Crippen LogP contribution in [0.1, 0.15) is 50.1 Å². The van der Waals surface area contributed by atoms with Gasteiger partial charge in [-0.05, 0) is 19.3 Å². The molecule has 1 aromatic rings. The zero-order chi connectivity index (χ0) is 9.52. The normalized spacial score (nSPS) is 10.6. The van der Waals surface area contributed by atoms with Gasteiger partial charge in [-0.25, -0.2) is 4.98 Å². The summed E-state index contributed by atoms with van der Waals surface area (Å²) >= 11 is 1.82. The van der Waals surface area contributed by atoms with Gasteiger partial charge in [-0.15, -0.1) is 11.3 Å². The highest BCUT2D eigenvalue weighted by Gasteiger charge is 2.02. The second kappa shape index (κ2) is 6.14. The van der Waals surface area contributed by atoms with Crippen molar-refractivity contribution in [3.05, 3.63) is 16.1 Å². The maximum absolute atomic E-state index is 4.35. The zero-order valence-corrected chi connectivity index (χ0v) is 9.49. The van der Waals surface area contributed by atoms with E-state index in [1.807, 2.05) is 16.8 Å². The molecular weight excluding hydrogens is 178 g/mol. The minimum atomic E-state index is 1.09. The van der Waals surface area contributed by atoms with E-state index in [0.29, 0.717) is 0 Å². The molecular formula is C11H19NS. The van der Waals surface area contributed by atoms with Gasteiger partial charge in [0, 0.05) is 4.88 Å². The lowest BCUT2D eigenvalue weighted by atomic mass is 10.1. The molecule has 0 N–H and O–H groups in total. The highest BCUT2D eigenvalue weighted by Crippen LogP contribution is 2.17. The molecule has 0 aliphatic heterocycles. The molecule has 0 aliphatic carbocycles. The summed E-state index contributed by atoms with van der Waals surface area (Å²) in [6, 6.07) is 0. The molecule has 1 aromatic heterocycles. The predicted molar refractivity (Wildman–Crippen MR) is 59.3 cm³/mol. The molecule has 0 saturated heterocycles. The number of rotatable bonds is 6. The third-order valence-corrected chi connectivity index (χ3v) is 3.25. The molecule has 74 valence electrons. The van der Waals surface area contributed by atoms with E-state index in [1.54, 1.807) is 0 Å². The summed E-state index contributed by atoms with van der Waals surface area (Å²) < 4.78 is 0. The van der Waals surface area contributed by atoms with E-state index in [9.17, 15) is 0 Å². The van der Waals surface area contributed by atoms with Crippen molar-refractivity contribution in [3.63, 3.8) is 0 Å². The van der Waals surface area contributed by atoms with Gasteiger partial charge < -0.3 is 0 Å². The summed E-state index contributed by atoms with van der Waals surface area (Å²) in [6.07, 6.45) is 7.74. The molecule has 0 bridgehead atoms. The molecule has 0 fully saturated rings. The number of nitrogens with zero attached hydrogens (tertiary/aromatic N) is 1. The summed E-state index contributed by atoms with van der Waals surface area (Å²) in [4.78, 5) is 5.86. The Hall–Kier alpha value is -0.370. The predicted octanol–water partition coefficient (Wildman–Crippen LogP) is 3.83. The van der Waals surface area contributed by atoms with Crippen LogP contribution in [0.2, 0.25) is 0 Å². The minimum Gasteiger partial charge on any atom is -0.249 e. The van der Waals surface area contributed by atoms with Crippen molar-refractivity contribution in [1.29, 1.82) is 0 Å². The molecule has 0 radical (unpaired) electrons. The number of hydrogen-bond acceptors (Lipinski definition) is 2. The second-order valence-electron chi connectivity index (χ2n) is 3.39. The van der Waals surface area contributed by atoms with Crippen LogP contribution < -0.4 is 0 Å². The highest BCUT2D eigenvalue weighted by atomic mass is 32.1. The molecule has 0 aliphatic rings. The molecule has 0 amide bonds. The van der Waals surface area contributed by atoms with E-state index in [-0.39, 0.29) is 0 Å². The number of aromatic nitrogens is 1. The Bertz CT molecular complexity index is 230. The molecule has 0 unspecified atom stereocenters. The van der Waals surface area contributed by atoms with Crippen molar-refractivity contribution in [2.24, 2.45) is 0 Å². The van der Waals surface area contributed by atoms with E-state index >= 15 is 0 Å². The van der Waals surface area contributed by atoms with Crippen LogP contribution in [0.25, 0.3) is 0 Å². The lowest BCUT2D eigenvalue weighted by Gasteiger charge is -1.99. The van der Waals surface area contributed by atoms with Gasteiger partial charge in [0.2, 0.25) is 0 Å². The van der Waals surface area contributed by atoms with E-state index in [2.05, 4.69) is 18.8 Å². The summed E-state index contributed by atoms with van der Waals surface area (Å²) in [5.41, 5.74) is 3.30. The maximum Gasteiger partial charge on any atom is 0.0797 e. The first-order valence-electron chi connectivity index (χ1n) is 5.29. The van der Waals surface area contributed by atoms with Crippen LogP contribution in [0.15, 0.2) is 5.51 Å². The Balaban J connectivity index is 2.27. The summed E-state index contributed by atoms with van der Waals surface area (Å²) in [5, 5.41) is 0. The van der Waals surface area contributed by atoms with Crippen LogP contribution in [0, 0.1) is 0 Å². The molecule has 0 atom stereocenters. The Morgan fingerprint density at radius 1 is 1.23 bits per heavy atom. The second-order valence-corrected chi connectivity index (χ2v) is 4.33. The van der Waals surface area contributed by atoms with Gasteiger partial charge in [-0.3, -0.25) is 0 Å². The highest BCUT2D eigenvalue weighted by molar-refractivity contribution is 7.09. The van der Waals surface area contributed by atoms with Crippen LogP contribution in [0.4, 0.5) is 0 Å². The van der Waals surface area contributed by atoms with Crippen molar-refractivity contribution >= 4 is 11.3 Å². The number of hydrogen-bond donors (Lipinski definition) is 0. The summed E-state index contributed by atoms with van der Waals surface area (Å²) in [7, 11) is 0. The van der Waals surface area contributed by atoms with Gasteiger partial charge in [0.25, 0.3) is 0 Å². The fourth-order valence-electron chi connectivity index (χ4n) is 1.50. The van der Waals surface area contributed by atoms with Gasteiger partial charge in [-0.1, -0.05) is 33.1 Å². The van der Waals surface area contributed by atoms with E-state index in [4.69, 9.17) is 0 Å². The minimum absolute atomic E-state index is 1.09. The smallest absolute Gasteiger partial charge is 0.0797 e. The van der Waals surface area contributed by atoms with Gasteiger partial charge >= 0.3 is 0 Å². The van der Waals surface area contributed by atoms with Gasteiger partial charge in [-0.2, -0.15) is 0 Å². The number of unbranched alkanes of at least 4 members (excludes halogenated alkanes) is 3. The first kappa shape index (κ1) is 10.7. The van der Waals surface area contributed by atoms with Gasteiger partial charge in [0.1, 0.15) is 0 Å². The Morgan fingerprint density at radius 3 is 2.77 bits per heavy atom. The fourth-order valence-corrected chi connectivity index (χ4v) is 2.40. The summed E-state index contributed by atoms with van der Waals surface area (Å²) in [6.45, 7) is 4.44. The van der Waals surface area contributed by atoms with E-state index in [1.165, 1.54) is 42.7 Å². The topological polar surface area (TPSA) is 12.9 Å². The van der Waals surface area contributed by atoms with Crippen molar-refractivity contribution in [3.8, 4) is 0 Å². The van der Waals surface area contributed by atoms with Crippen molar-refractivity contribution in [2.45, 2.75) is 52.4 Å². The molecule has 13 heavy (non-hydrogen) atoms. The molecule has 1 heterocycles. The number of aryl methyl sites for hydroxylation is 2. The van der Waals surface area contributed by atoms with Crippen LogP contribution >= 0.6 is 11.3 Å². The quantitative estimate of drug-likeness (QED) is 0.632.